The zero-order chi connectivity index (χ0) is 11.5. The van der Waals surface area contributed by atoms with E-state index in [0.29, 0.717) is 19.6 Å². The van der Waals surface area contributed by atoms with E-state index in [1.54, 1.807) is 0 Å². The fraction of sp³-hybridized carbons (Fsp3) is 0.727. The summed E-state index contributed by atoms with van der Waals surface area (Å²) in [4.78, 5) is 13.2. The number of aliphatic hydroxyl groups is 1. The summed E-state index contributed by atoms with van der Waals surface area (Å²) >= 11 is 0. The first-order valence-electron chi connectivity index (χ1n) is 5.13. The molecule has 0 spiro atoms. The van der Waals surface area contributed by atoms with E-state index in [9.17, 15) is 9.90 Å². The van der Waals surface area contributed by atoms with Gasteiger partial charge in [0.15, 0.2) is 0 Å². The fourth-order valence-electron chi connectivity index (χ4n) is 1.61. The largest absolute Gasteiger partial charge is 0.387 e. The number of carbonyl (C=O) groups excluding carboxylic acids is 1. The maximum atomic E-state index is 11.3. The van der Waals surface area contributed by atoms with E-state index in [1.165, 1.54) is 0 Å². The molecule has 0 aromatic rings. The van der Waals surface area contributed by atoms with Crippen LogP contribution < -0.4 is 5.32 Å². The standard InChI is InChI=1S/C11H18N2O2/c1-4-5-12-10(14)6-13-7-11(15,8-13)9(2)3/h1,9,15H,5-8H2,2-3H3,(H,12,14). The zero-order valence-electron chi connectivity index (χ0n) is 9.29. The van der Waals surface area contributed by atoms with Crippen LogP contribution in [0.4, 0.5) is 0 Å². The van der Waals surface area contributed by atoms with Crippen molar-refractivity contribution < 1.29 is 9.90 Å². The van der Waals surface area contributed by atoms with Crippen molar-refractivity contribution >= 4 is 5.91 Å². The van der Waals surface area contributed by atoms with E-state index in [2.05, 4.69) is 11.2 Å². The molecule has 84 valence electrons. The number of amides is 1. The Kier molecular flexibility index (Phi) is 3.72. The van der Waals surface area contributed by atoms with Gasteiger partial charge in [0.05, 0.1) is 18.7 Å². The van der Waals surface area contributed by atoms with Crippen LogP contribution in [-0.4, -0.2) is 47.7 Å². The summed E-state index contributed by atoms with van der Waals surface area (Å²) in [5.41, 5.74) is -0.619. The predicted molar refractivity (Wildman–Crippen MR) is 58.1 cm³/mol. The molecule has 1 rings (SSSR count). The van der Waals surface area contributed by atoms with Crippen molar-refractivity contribution in [3.05, 3.63) is 0 Å². The molecule has 0 unspecified atom stereocenters. The van der Waals surface area contributed by atoms with Gasteiger partial charge >= 0.3 is 0 Å². The van der Waals surface area contributed by atoms with E-state index >= 15 is 0 Å². The molecule has 15 heavy (non-hydrogen) atoms. The molecule has 0 radical (unpaired) electrons. The lowest BCUT2D eigenvalue weighted by molar-refractivity contribution is -0.142. The molecule has 1 saturated heterocycles. The first-order chi connectivity index (χ1) is 6.98. The topological polar surface area (TPSA) is 52.6 Å². The van der Waals surface area contributed by atoms with Crippen LogP contribution in [0.15, 0.2) is 0 Å². The van der Waals surface area contributed by atoms with E-state index in [0.717, 1.165) is 0 Å². The molecule has 1 aliphatic heterocycles. The van der Waals surface area contributed by atoms with Crippen LogP contribution >= 0.6 is 0 Å². The minimum absolute atomic E-state index is 0.0845. The zero-order valence-corrected chi connectivity index (χ0v) is 9.29. The molecule has 0 saturated carbocycles. The Morgan fingerprint density at radius 1 is 1.67 bits per heavy atom. The van der Waals surface area contributed by atoms with Crippen LogP contribution in [-0.2, 0) is 4.79 Å². The van der Waals surface area contributed by atoms with Crippen molar-refractivity contribution in [3.63, 3.8) is 0 Å². The first-order valence-corrected chi connectivity index (χ1v) is 5.13. The van der Waals surface area contributed by atoms with Crippen LogP contribution in [0.25, 0.3) is 0 Å². The number of hydrogen-bond acceptors (Lipinski definition) is 3. The monoisotopic (exact) mass is 210 g/mol. The van der Waals surface area contributed by atoms with Crippen molar-refractivity contribution in [2.24, 2.45) is 5.92 Å². The summed E-state index contributed by atoms with van der Waals surface area (Å²) in [5.74, 6) is 2.48. The Morgan fingerprint density at radius 3 is 2.73 bits per heavy atom. The molecule has 0 aliphatic carbocycles. The van der Waals surface area contributed by atoms with Gasteiger partial charge in [-0.1, -0.05) is 19.8 Å². The molecule has 1 heterocycles. The van der Waals surface area contributed by atoms with Gasteiger partial charge in [-0.25, -0.2) is 0 Å². The summed E-state index contributed by atoms with van der Waals surface area (Å²) in [6, 6.07) is 0. The molecule has 0 atom stereocenters. The van der Waals surface area contributed by atoms with Gasteiger partial charge in [-0.3, -0.25) is 9.69 Å². The van der Waals surface area contributed by atoms with Crippen LogP contribution in [0.5, 0.6) is 0 Å². The third-order valence-corrected chi connectivity index (χ3v) is 2.82. The molecular formula is C11H18N2O2. The molecule has 1 fully saturated rings. The summed E-state index contributed by atoms with van der Waals surface area (Å²) in [5, 5.41) is 12.5. The van der Waals surface area contributed by atoms with Crippen LogP contribution in [0.3, 0.4) is 0 Å². The molecule has 2 N–H and O–H groups in total. The number of nitrogens with one attached hydrogen (secondary N) is 1. The predicted octanol–water partition coefficient (Wildman–Crippen LogP) is -0.561. The number of carbonyl (C=O) groups is 1. The van der Waals surface area contributed by atoms with Crippen LogP contribution in [0, 0.1) is 18.3 Å². The maximum absolute atomic E-state index is 11.3. The molecule has 1 amide bonds. The van der Waals surface area contributed by atoms with E-state index < -0.39 is 5.60 Å². The van der Waals surface area contributed by atoms with Gasteiger partial charge < -0.3 is 10.4 Å². The second-order valence-corrected chi connectivity index (χ2v) is 4.38. The molecule has 0 bridgehead atoms. The van der Waals surface area contributed by atoms with E-state index in [-0.39, 0.29) is 18.4 Å². The second kappa shape index (κ2) is 4.65. The first kappa shape index (κ1) is 12.0. The Morgan fingerprint density at radius 2 is 2.27 bits per heavy atom. The third kappa shape index (κ3) is 2.95. The highest BCUT2D eigenvalue weighted by molar-refractivity contribution is 5.78. The van der Waals surface area contributed by atoms with Gasteiger partial charge in [-0.05, 0) is 5.92 Å². The molecule has 1 aliphatic rings. The highest BCUT2D eigenvalue weighted by Crippen LogP contribution is 2.27. The highest BCUT2D eigenvalue weighted by Gasteiger charge is 2.43. The van der Waals surface area contributed by atoms with E-state index in [1.807, 2.05) is 18.7 Å². The minimum Gasteiger partial charge on any atom is -0.387 e. The maximum Gasteiger partial charge on any atom is 0.234 e. The Hall–Kier alpha value is -1.05. The molecule has 4 heteroatoms. The Bertz CT molecular complexity index is 275. The van der Waals surface area contributed by atoms with Crippen LogP contribution in [0.2, 0.25) is 0 Å². The lowest BCUT2D eigenvalue weighted by atomic mass is 9.83. The average Bonchev–Trinajstić information content (AvgIpc) is 2.11. The number of nitrogens with zero attached hydrogens (tertiary/aromatic N) is 1. The Balaban J connectivity index is 2.23. The number of hydrogen-bond donors (Lipinski definition) is 2. The van der Waals surface area contributed by atoms with Crippen molar-refractivity contribution in [3.8, 4) is 12.3 Å². The number of β-amino-alcohol motifs (C(OH)–C–C–N with tert-alkyl or cyclic N) is 1. The highest BCUT2D eigenvalue weighted by atomic mass is 16.3. The smallest absolute Gasteiger partial charge is 0.234 e. The average molecular weight is 210 g/mol. The van der Waals surface area contributed by atoms with E-state index in [4.69, 9.17) is 6.42 Å². The fourth-order valence-corrected chi connectivity index (χ4v) is 1.61. The van der Waals surface area contributed by atoms with Gasteiger partial charge in [0.25, 0.3) is 0 Å². The van der Waals surface area contributed by atoms with Gasteiger partial charge in [0, 0.05) is 13.1 Å². The third-order valence-electron chi connectivity index (χ3n) is 2.82. The summed E-state index contributed by atoms with van der Waals surface area (Å²) in [7, 11) is 0. The van der Waals surface area contributed by atoms with Crippen LogP contribution in [0.1, 0.15) is 13.8 Å². The number of likely N-dealkylation sites (tertiary alicyclic amines) is 1. The quantitative estimate of drug-likeness (QED) is 0.612. The summed E-state index contributed by atoms with van der Waals surface area (Å²) in [6.07, 6.45) is 5.02. The molecule has 0 aromatic heterocycles. The summed E-state index contributed by atoms with van der Waals surface area (Å²) < 4.78 is 0. The lowest BCUT2D eigenvalue weighted by Gasteiger charge is -2.48. The van der Waals surface area contributed by atoms with Gasteiger partial charge in [-0.15, -0.1) is 6.42 Å². The minimum atomic E-state index is -0.619. The summed E-state index contributed by atoms with van der Waals surface area (Å²) in [6.45, 7) is 5.67. The molecule has 4 nitrogen and oxygen atoms in total. The SMILES string of the molecule is C#CCNC(=O)CN1CC(O)(C(C)C)C1. The molecular weight excluding hydrogens is 192 g/mol. The molecule has 0 aromatic carbocycles. The Labute approximate surface area is 90.6 Å². The van der Waals surface area contributed by atoms with Gasteiger partial charge in [-0.2, -0.15) is 0 Å². The lowest BCUT2D eigenvalue weighted by Crippen LogP contribution is -2.65. The second-order valence-electron chi connectivity index (χ2n) is 4.38. The van der Waals surface area contributed by atoms with Gasteiger partial charge in [0.1, 0.15) is 0 Å². The van der Waals surface area contributed by atoms with Gasteiger partial charge in [0.2, 0.25) is 5.91 Å². The van der Waals surface area contributed by atoms with Crippen molar-refractivity contribution in [2.75, 3.05) is 26.2 Å². The number of rotatable bonds is 4. The normalized spacial score (nSPS) is 19.4. The van der Waals surface area contributed by atoms with Crippen molar-refractivity contribution in [1.29, 1.82) is 0 Å². The van der Waals surface area contributed by atoms with Crippen molar-refractivity contribution in [1.82, 2.24) is 10.2 Å². The van der Waals surface area contributed by atoms with Crippen molar-refractivity contribution in [2.45, 2.75) is 19.4 Å². The number of terminal acetylenes is 1.